The van der Waals surface area contributed by atoms with Gasteiger partial charge in [0.25, 0.3) is 0 Å². The number of benzene rings is 1. The predicted octanol–water partition coefficient (Wildman–Crippen LogP) is -1.89. The van der Waals surface area contributed by atoms with E-state index < -0.39 is 19.5 Å². The second-order valence-corrected chi connectivity index (χ2v) is 7.88. The monoisotopic (exact) mass is 360 g/mol. The molecule has 114 valence electrons. The van der Waals surface area contributed by atoms with E-state index in [-0.39, 0.29) is 30.2 Å². The molecule has 0 saturated carbocycles. The third kappa shape index (κ3) is 6.30. The van der Waals surface area contributed by atoms with Crippen molar-refractivity contribution in [1.82, 2.24) is 0 Å². The molecule has 1 aromatic carbocycles. The van der Waals surface area contributed by atoms with Crippen LogP contribution < -0.4 is 28.7 Å². The Kier molecular flexibility index (Phi) is 9.15. The van der Waals surface area contributed by atoms with Gasteiger partial charge in [-0.05, 0) is 0 Å². The third-order valence-corrected chi connectivity index (χ3v) is 4.58. The third-order valence-electron chi connectivity index (χ3n) is 3.11. The summed E-state index contributed by atoms with van der Waals surface area (Å²) in [7, 11) is 0. The molecule has 0 aromatic heterocycles. The Labute approximate surface area is 150 Å². The minimum Gasteiger partial charge on any atom is -1.00 e. The van der Waals surface area contributed by atoms with Gasteiger partial charge >= 0.3 is 126 Å². The van der Waals surface area contributed by atoms with Crippen LogP contribution in [0.2, 0.25) is 0 Å². The number of allylic oxidation sites excluding steroid dienone is 4. The predicted molar refractivity (Wildman–Crippen MR) is 77.8 cm³/mol. The molecule has 0 fully saturated rings. The van der Waals surface area contributed by atoms with Crippen LogP contribution in [0.1, 0.15) is 39.7 Å². The number of hydrogen-bond donors (Lipinski definition) is 0. The molecule has 1 aromatic rings. The van der Waals surface area contributed by atoms with E-state index in [2.05, 4.69) is 64.1 Å². The molecule has 0 radical (unpaired) electrons. The van der Waals surface area contributed by atoms with Crippen molar-refractivity contribution in [3.8, 4) is 0 Å². The average molecular weight is 361 g/mol. The number of hydrogen-bond acceptors (Lipinski definition) is 1. The molecule has 0 aliphatic heterocycles. The summed E-state index contributed by atoms with van der Waals surface area (Å²) in [5, 5.41) is 0. The number of halogens is 2. The van der Waals surface area contributed by atoms with Gasteiger partial charge in [-0.2, -0.15) is 0 Å². The Morgan fingerprint density at radius 1 is 1.14 bits per heavy atom. The molecule has 0 saturated heterocycles. The van der Waals surface area contributed by atoms with Crippen molar-refractivity contribution in [3.05, 3.63) is 47.6 Å². The van der Waals surface area contributed by atoms with E-state index in [9.17, 15) is 0 Å². The van der Waals surface area contributed by atoms with Crippen molar-refractivity contribution in [1.29, 1.82) is 0 Å². The van der Waals surface area contributed by atoms with Gasteiger partial charge in [-0.1, -0.05) is 0 Å². The Bertz CT molecular complexity index is 516. The maximum Gasteiger partial charge on any atom is -1.00 e. The summed E-state index contributed by atoms with van der Waals surface area (Å²) < 4.78 is 7.42. The minimum atomic E-state index is -0.505. The van der Waals surface area contributed by atoms with E-state index in [1.165, 1.54) is 20.6 Å². The van der Waals surface area contributed by atoms with Crippen LogP contribution in [0.3, 0.4) is 0 Å². The topological polar surface area (TPSA) is 9.23 Å². The second kappa shape index (κ2) is 9.17. The Balaban J connectivity index is 0.00000200. The van der Waals surface area contributed by atoms with Crippen LogP contribution in [0.5, 0.6) is 0 Å². The fourth-order valence-electron chi connectivity index (χ4n) is 2.10. The fraction of sp³-hybridized carbons (Fsp3) is 0.412. The zero-order valence-electron chi connectivity index (χ0n) is 13.0. The molecule has 0 spiro atoms. The van der Waals surface area contributed by atoms with E-state index in [4.69, 9.17) is 3.32 Å². The van der Waals surface area contributed by atoms with Crippen molar-refractivity contribution >= 4 is 9.44 Å². The van der Waals surface area contributed by atoms with E-state index >= 15 is 0 Å². The summed E-state index contributed by atoms with van der Waals surface area (Å²) in [5.74, 6) is 0. The van der Waals surface area contributed by atoms with Crippen LogP contribution in [0.4, 0.5) is 0 Å². The maximum atomic E-state index is 6.00. The molecular formula is C17H22Cl2OTi. The Morgan fingerprint density at radius 2 is 1.81 bits per heavy atom. The second-order valence-electron chi connectivity index (χ2n) is 6.27. The van der Waals surface area contributed by atoms with Gasteiger partial charge in [-0.15, -0.1) is 0 Å². The quantitative estimate of drug-likeness (QED) is 0.571. The summed E-state index contributed by atoms with van der Waals surface area (Å²) in [6, 6.07) is 8.73. The van der Waals surface area contributed by atoms with E-state index in [0.717, 1.165) is 13.0 Å². The summed E-state index contributed by atoms with van der Waals surface area (Å²) in [5.41, 5.74) is 4.52. The molecule has 0 heterocycles. The summed E-state index contributed by atoms with van der Waals surface area (Å²) in [4.78, 5) is 0. The van der Waals surface area contributed by atoms with Gasteiger partial charge in [-0.3, -0.25) is 0 Å². The van der Waals surface area contributed by atoms with Gasteiger partial charge in [0, 0.05) is 0 Å². The first-order valence-electron chi connectivity index (χ1n) is 6.81. The molecule has 4 heteroatoms. The molecule has 1 nitrogen and oxygen atoms in total. The zero-order valence-corrected chi connectivity index (χ0v) is 16.1. The van der Waals surface area contributed by atoms with Crippen LogP contribution in [0, 0.1) is 5.41 Å². The first-order chi connectivity index (χ1) is 8.97. The van der Waals surface area contributed by atoms with Crippen LogP contribution in [0.15, 0.2) is 42.0 Å². The van der Waals surface area contributed by atoms with Crippen LogP contribution in [0.25, 0.3) is 5.57 Å². The summed E-state index contributed by atoms with van der Waals surface area (Å²) in [6.07, 6.45) is 5.54. The van der Waals surface area contributed by atoms with Gasteiger partial charge < -0.3 is 24.8 Å². The van der Waals surface area contributed by atoms with Crippen molar-refractivity contribution in [2.45, 2.75) is 34.1 Å². The van der Waals surface area contributed by atoms with Crippen molar-refractivity contribution < 1.29 is 47.7 Å². The van der Waals surface area contributed by atoms with Crippen molar-refractivity contribution in [2.75, 3.05) is 6.61 Å². The van der Waals surface area contributed by atoms with Gasteiger partial charge in [0.05, 0.1) is 0 Å². The fourth-order valence-corrected chi connectivity index (χ4v) is 3.93. The van der Waals surface area contributed by atoms with Gasteiger partial charge in [0.2, 0.25) is 0 Å². The molecule has 0 unspecified atom stereocenters. The smallest absolute Gasteiger partial charge is 1.00 e. The van der Waals surface area contributed by atoms with Crippen LogP contribution in [-0.2, 0) is 22.9 Å². The molecule has 1 aliphatic rings. The van der Waals surface area contributed by atoms with Crippen LogP contribution in [-0.4, -0.2) is 6.61 Å². The Hall–Kier alpha value is -0.0457. The molecule has 0 atom stereocenters. The van der Waals surface area contributed by atoms with E-state index in [0.29, 0.717) is 0 Å². The first-order valence-corrected chi connectivity index (χ1v) is 8.23. The molecule has 1 aliphatic carbocycles. The standard InChI is InChI=1S/C12H11.C5H11O.2ClH.Ti/c1-10-6-5-9-12(10)11-7-3-2-4-8-11;1-5(2,3)4-6;;;/h2-7H,9H2,1H3;4H2,1-3H3;2*1H;/q;-1;;;+3/p-2. The molecule has 21 heavy (non-hydrogen) atoms. The van der Waals surface area contributed by atoms with Gasteiger partial charge in [0.1, 0.15) is 0 Å². The molecule has 0 amide bonds. The zero-order chi connectivity index (χ0) is 13.9. The van der Waals surface area contributed by atoms with E-state index in [1.54, 1.807) is 0 Å². The largest absolute Gasteiger partial charge is 1.00 e. The van der Waals surface area contributed by atoms with Crippen molar-refractivity contribution in [3.63, 3.8) is 0 Å². The SMILES string of the molecule is CC1=C(c2cccc[c]2[Ti+2][O]CC(C)(C)C)CC=C1.[Cl-].[Cl-]. The number of rotatable bonds is 4. The summed E-state index contributed by atoms with van der Waals surface area (Å²) in [6.45, 7) is 9.71. The molecule has 2 rings (SSSR count). The van der Waals surface area contributed by atoms with Crippen LogP contribution >= 0.6 is 0 Å². The summed E-state index contributed by atoms with van der Waals surface area (Å²) >= 11 is -0.505. The normalized spacial score (nSPS) is 13.5. The average Bonchev–Trinajstić information content (AvgIpc) is 2.74. The molecular weight excluding hydrogens is 339 g/mol. The molecule has 0 bridgehead atoms. The van der Waals surface area contributed by atoms with Crippen molar-refractivity contribution in [2.24, 2.45) is 5.41 Å². The van der Waals surface area contributed by atoms with E-state index in [1.807, 2.05) is 0 Å². The van der Waals surface area contributed by atoms with Gasteiger partial charge in [-0.25, -0.2) is 0 Å². The van der Waals surface area contributed by atoms with Gasteiger partial charge in [0.15, 0.2) is 0 Å². The Morgan fingerprint density at radius 3 is 2.38 bits per heavy atom. The first kappa shape index (κ1) is 21.0. The maximum absolute atomic E-state index is 6.00. The molecule has 0 N–H and O–H groups in total. The minimum absolute atomic E-state index is 0.